The quantitative estimate of drug-likeness (QED) is 0.347. The molecular weight excluding hydrogens is 504 g/mol. The molecule has 208 valence electrons. The number of amides is 2. The average molecular weight is 541 g/mol. The van der Waals surface area contributed by atoms with E-state index in [2.05, 4.69) is 27.3 Å². The van der Waals surface area contributed by atoms with Gasteiger partial charge in [0.1, 0.15) is 0 Å². The van der Waals surface area contributed by atoms with E-state index in [0.717, 1.165) is 66.8 Å². The topological polar surface area (TPSA) is 103 Å². The van der Waals surface area contributed by atoms with Crippen molar-refractivity contribution in [2.24, 2.45) is 5.92 Å². The van der Waals surface area contributed by atoms with Gasteiger partial charge in [-0.25, -0.2) is 0 Å². The number of carbonyl (C=O) groups is 3. The first-order valence-electron chi connectivity index (χ1n) is 14.2. The molecule has 1 aromatic heterocycles. The van der Waals surface area contributed by atoms with Gasteiger partial charge in [0.2, 0.25) is 5.91 Å². The summed E-state index contributed by atoms with van der Waals surface area (Å²) in [5, 5.41) is 12.3. The van der Waals surface area contributed by atoms with Crippen LogP contribution < -0.4 is 10.2 Å². The summed E-state index contributed by atoms with van der Waals surface area (Å²) in [6.45, 7) is 2.47. The number of hydrogen-bond donors (Lipinski definition) is 2. The van der Waals surface area contributed by atoms with Crippen LogP contribution in [0.1, 0.15) is 60.9 Å². The molecular formula is C32H36N4O4. The summed E-state index contributed by atoms with van der Waals surface area (Å²) < 4.78 is 0. The molecule has 2 aliphatic rings. The zero-order valence-electron chi connectivity index (χ0n) is 22.7. The van der Waals surface area contributed by atoms with Gasteiger partial charge in [-0.05, 0) is 72.7 Å². The number of anilines is 2. The number of aliphatic carboxylic acids is 1. The van der Waals surface area contributed by atoms with Crippen molar-refractivity contribution < 1.29 is 19.5 Å². The van der Waals surface area contributed by atoms with Crippen LogP contribution >= 0.6 is 0 Å². The monoisotopic (exact) mass is 540 g/mol. The second kappa shape index (κ2) is 12.8. The number of carboxylic acid groups (broad SMARTS) is 1. The molecule has 2 N–H and O–H groups in total. The Balaban J connectivity index is 1.42. The number of nitrogens with zero attached hydrogens (tertiary/aromatic N) is 3. The van der Waals surface area contributed by atoms with E-state index < -0.39 is 5.97 Å². The molecule has 2 aromatic carbocycles. The first kappa shape index (κ1) is 27.4. The van der Waals surface area contributed by atoms with E-state index in [1.54, 1.807) is 29.4 Å². The molecule has 3 aromatic rings. The molecule has 0 bridgehead atoms. The van der Waals surface area contributed by atoms with Crippen LogP contribution in [-0.2, 0) is 16.1 Å². The lowest BCUT2D eigenvalue weighted by Gasteiger charge is -2.26. The molecule has 2 amide bonds. The van der Waals surface area contributed by atoms with Crippen molar-refractivity contribution in [3.63, 3.8) is 0 Å². The first-order chi connectivity index (χ1) is 19.5. The van der Waals surface area contributed by atoms with Gasteiger partial charge in [-0.2, -0.15) is 0 Å². The van der Waals surface area contributed by atoms with Crippen LogP contribution in [0.5, 0.6) is 0 Å². The van der Waals surface area contributed by atoms with E-state index in [-0.39, 0.29) is 30.7 Å². The average Bonchev–Trinajstić information content (AvgIpc) is 3.84. The number of carboxylic acids is 1. The summed E-state index contributed by atoms with van der Waals surface area (Å²) in [5.74, 6) is -1.03. The van der Waals surface area contributed by atoms with Crippen molar-refractivity contribution in [2.75, 3.05) is 29.9 Å². The Morgan fingerprint density at radius 1 is 0.925 bits per heavy atom. The molecule has 1 saturated heterocycles. The third-order valence-corrected chi connectivity index (χ3v) is 7.60. The predicted molar refractivity (Wildman–Crippen MR) is 155 cm³/mol. The molecule has 1 aliphatic carbocycles. The van der Waals surface area contributed by atoms with E-state index in [1.165, 1.54) is 12.8 Å². The number of pyridine rings is 1. The van der Waals surface area contributed by atoms with E-state index in [0.29, 0.717) is 12.1 Å². The van der Waals surface area contributed by atoms with Crippen molar-refractivity contribution in [1.29, 1.82) is 0 Å². The zero-order valence-corrected chi connectivity index (χ0v) is 22.7. The predicted octanol–water partition coefficient (Wildman–Crippen LogP) is 5.59. The molecule has 1 aliphatic heterocycles. The Morgan fingerprint density at radius 2 is 1.65 bits per heavy atom. The summed E-state index contributed by atoms with van der Waals surface area (Å²) in [6, 6.07) is 17.6. The van der Waals surface area contributed by atoms with Crippen LogP contribution in [0.4, 0.5) is 11.4 Å². The molecule has 40 heavy (non-hydrogen) atoms. The van der Waals surface area contributed by atoms with Gasteiger partial charge >= 0.3 is 5.97 Å². The number of nitrogens with one attached hydrogen (secondary N) is 1. The lowest BCUT2D eigenvalue weighted by molar-refractivity contribution is -0.139. The molecule has 0 atom stereocenters. The number of carbonyl (C=O) groups excluding carboxylic acids is 2. The highest BCUT2D eigenvalue weighted by Crippen LogP contribution is 2.35. The maximum absolute atomic E-state index is 13.1. The fourth-order valence-electron chi connectivity index (χ4n) is 5.26. The lowest BCUT2D eigenvalue weighted by atomic mass is 10.0. The number of benzene rings is 2. The highest BCUT2D eigenvalue weighted by atomic mass is 16.4. The van der Waals surface area contributed by atoms with Crippen LogP contribution in [-0.4, -0.2) is 52.4 Å². The summed E-state index contributed by atoms with van der Waals surface area (Å²) in [7, 11) is 0. The van der Waals surface area contributed by atoms with Crippen molar-refractivity contribution >= 4 is 29.2 Å². The van der Waals surface area contributed by atoms with Crippen molar-refractivity contribution in [2.45, 2.75) is 51.5 Å². The Morgan fingerprint density at radius 3 is 2.35 bits per heavy atom. The molecule has 8 heteroatoms. The maximum Gasteiger partial charge on any atom is 0.305 e. The fraction of sp³-hybridized carbons (Fsp3) is 0.375. The molecule has 0 radical (unpaired) electrons. The summed E-state index contributed by atoms with van der Waals surface area (Å²) in [4.78, 5) is 45.2. The molecule has 5 rings (SSSR count). The van der Waals surface area contributed by atoms with Gasteiger partial charge in [-0.3, -0.25) is 19.4 Å². The second-order valence-corrected chi connectivity index (χ2v) is 10.7. The Bertz CT molecular complexity index is 1350. The van der Waals surface area contributed by atoms with Crippen LogP contribution in [0, 0.1) is 5.92 Å². The van der Waals surface area contributed by atoms with Crippen LogP contribution in [0.3, 0.4) is 0 Å². The third kappa shape index (κ3) is 7.05. The normalized spacial score (nSPS) is 15.2. The second-order valence-electron chi connectivity index (χ2n) is 10.7. The largest absolute Gasteiger partial charge is 0.481 e. The van der Waals surface area contributed by atoms with E-state index in [9.17, 15) is 19.5 Å². The van der Waals surface area contributed by atoms with E-state index in [4.69, 9.17) is 0 Å². The summed E-state index contributed by atoms with van der Waals surface area (Å²) in [5.41, 5.74) is 5.19. The van der Waals surface area contributed by atoms with Crippen molar-refractivity contribution in [3.05, 3.63) is 78.1 Å². The van der Waals surface area contributed by atoms with Crippen molar-refractivity contribution in [3.8, 4) is 11.1 Å². The maximum atomic E-state index is 13.1. The molecule has 2 heterocycles. The van der Waals surface area contributed by atoms with Gasteiger partial charge in [-0.15, -0.1) is 0 Å². The standard InChI is InChI=1S/C32H36N4O4/c37-30(38)14-19-36(32(40)25-8-9-25)22-23-6-5-7-26(20-23)27-10-11-29(35-17-3-1-2-4-18-35)28(21-27)34-31(39)24-12-15-33-16-13-24/h5-7,10-13,15-16,20-21,25H,1-4,8-9,14,17-19,22H2,(H,34,39)(H,37,38). The van der Waals surface area contributed by atoms with Gasteiger partial charge in [-0.1, -0.05) is 37.1 Å². The van der Waals surface area contributed by atoms with Gasteiger partial charge in [0.25, 0.3) is 5.91 Å². The van der Waals surface area contributed by atoms with Crippen LogP contribution in [0.25, 0.3) is 11.1 Å². The third-order valence-electron chi connectivity index (χ3n) is 7.60. The summed E-state index contributed by atoms with van der Waals surface area (Å²) >= 11 is 0. The fourth-order valence-corrected chi connectivity index (χ4v) is 5.26. The minimum Gasteiger partial charge on any atom is -0.481 e. The van der Waals surface area contributed by atoms with Crippen LogP contribution in [0.2, 0.25) is 0 Å². The first-order valence-corrected chi connectivity index (χ1v) is 14.2. The highest BCUT2D eigenvalue weighted by molar-refractivity contribution is 6.06. The van der Waals surface area contributed by atoms with E-state index >= 15 is 0 Å². The Kier molecular flexibility index (Phi) is 8.74. The van der Waals surface area contributed by atoms with Gasteiger partial charge in [0.15, 0.2) is 0 Å². The zero-order chi connectivity index (χ0) is 27.9. The van der Waals surface area contributed by atoms with E-state index in [1.807, 2.05) is 30.3 Å². The SMILES string of the molecule is O=C(O)CCN(Cc1cccc(-c2ccc(N3CCCCCC3)c(NC(=O)c3ccncc3)c2)c1)C(=O)C1CC1. The minimum atomic E-state index is -0.909. The smallest absolute Gasteiger partial charge is 0.305 e. The van der Waals surface area contributed by atoms with Gasteiger partial charge in [0.05, 0.1) is 17.8 Å². The molecule has 0 spiro atoms. The number of hydrogen-bond acceptors (Lipinski definition) is 5. The molecule has 2 fully saturated rings. The van der Waals surface area contributed by atoms with Crippen molar-refractivity contribution in [1.82, 2.24) is 9.88 Å². The highest BCUT2D eigenvalue weighted by Gasteiger charge is 2.33. The number of aromatic nitrogens is 1. The van der Waals surface area contributed by atoms with Gasteiger partial charge in [0, 0.05) is 50.1 Å². The lowest BCUT2D eigenvalue weighted by Crippen LogP contribution is -2.33. The summed E-state index contributed by atoms with van der Waals surface area (Å²) in [6.07, 6.45) is 9.58. The minimum absolute atomic E-state index is 0.0232. The molecule has 8 nitrogen and oxygen atoms in total. The Hall–Kier alpha value is -4.20. The molecule has 0 unspecified atom stereocenters. The Labute approximate surface area is 235 Å². The van der Waals surface area contributed by atoms with Gasteiger partial charge < -0.3 is 20.2 Å². The molecule has 1 saturated carbocycles. The number of rotatable bonds is 10. The van der Waals surface area contributed by atoms with Crippen LogP contribution in [0.15, 0.2) is 67.0 Å².